The van der Waals surface area contributed by atoms with E-state index in [0.29, 0.717) is 5.91 Å². The highest BCUT2D eigenvalue weighted by molar-refractivity contribution is 5.81. The third-order valence-electron chi connectivity index (χ3n) is 4.77. The smallest absolute Gasteiger partial charge is 0.227 e. The van der Waals surface area contributed by atoms with Gasteiger partial charge in [-0.25, -0.2) is 0 Å². The quantitative estimate of drug-likeness (QED) is 0.687. The van der Waals surface area contributed by atoms with Crippen LogP contribution in [0.2, 0.25) is 0 Å². The molecular formula is C18H31NO. The molecule has 0 aromatic carbocycles. The molecule has 1 saturated carbocycles. The minimum Gasteiger partial charge on any atom is -0.342 e. The van der Waals surface area contributed by atoms with Gasteiger partial charge in [0.1, 0.15) is 0 Å². The van der Waals surface area contributed by atoms with Crippen LogP contribution in [0.25, 0.3) is 0 Å². The van der Waals surface area contributed by atoms with Gasteiger partial charge >= 0.3 is 0 Å². The number of carbonyl (C=O) groups excluding carboxylic acids is 1. The molecule has 1 fully saturated rings. The first kappa shape index (κ1) is 15.6. The van der Waals surface area contributed by atoms with Crippen LogP contribution in [-0.4, -0.2) is 23.9 Å². The summed E-state index contributed by atoms with van der Waals surface area (Å²) < 4.78 is 0. The fourth-order valence-corrected chi connectivity index (χ4v) is 3.57. The van der Waals surface area contributed by atoms with Gasteiger partial charge in [-0.15, -0.1) is 0 Å². The lowest BCUT2D eigenvalue weighted by Gasteiger charge is -2.30. The second kappa shape index (κ2) is 6.32. The largest absolute Gasteiger partial charge is 0.342 e. The molecule has 0 spiro atoms. The van der Waals surface area contributed by atoms with Crippen LogP contribution < -0.4 is 0 Å². The molecule has 2 nitrogen and oxygen atoms in total. The molecule has 0 aromatic rings. The molecule has 0 radical (unpaired) electrons. The first-order chi connectivity index (χ1) is 9.43. The zero-order valence-electron chi connectivity index (χ0n) is 13.7. The van der Waals surface area contributed by atoms with E-state index < -0.39 is 0 Å². The number of amides is 1. The summed E-state index contributed by atoms with van der Waals surface area (Å²) in [5.74, 6) is 2.86. The standard InChI is InChI=1S/C18H31NO/c1-5-11-19(17(20)18(2,3)4)13-15-12-16(15)14-9-7-6-8-10-14/h6-7,14-16H,5,8-13H2,1-4H3/t14?,15-,16+/m0/s1. The maximum absolute atomic E-state index is 12.5. The molecule has 0 aliphatic heterocycles. The van der Waals surface area contributed by atoms with E-state index in [4.69, 9.17) is 0 Å². The number of nitrogens with zero attached hydrogens (tertiary/aromatic N) is 1. The molecule has 114 valence electrons. The van der Waals surface area contributed by atoms with Crippen molar-refractivity contribution < 1.29 is 4.79 Å². The number of hydrogen-bond donors (Lipinski definition) is 0. The van der Waals surface area contributed by atoms with Gasteiger partial charge in [0, 0.05) is 18.5 Å². The summed E-state index contributed by atoms with van der Waals surface area (Å²) in [6.45, 7) is 10.2. The van der Waals surface area contributed by atoms with Crippen molar-refractivity contribution in [1.82, 2.24) is 4.90 Å². The predicted molar refractivity (Wildman–Crippen MR) is 84.4 cm³/mol. The van der Waals surface area contributed by atoms with Crippen molar-refractivity contribution in [3.63, 3.8) is 0 Å². The summed E-state index contributed by atoms with van der Waals surface area (Å²) in [6.07, 6.45) is 11.0. The lowest BCUT2D eigenvalue weighted by molar-refractivity contribution is -0.139. The van der Waals surface area contributed by atoms with Crippen molar-refractivity contribution in [2.24, 2.45) is 23.2 Å². The molecule has 2 aliphatic carbocycles. The molecular weight excluding hydrogens is 246 g/mol. The summed E-state index contributed by atoms with van der Waals surface area (Å²) >= 11 is 0. The van der Waals surface area contributed by atoms with Crippen LogP contribution in [0.4, 0.5) is 0 Å². The van der Waals surface area contributed by atoms with E-state index in [0.717, 1.165) is 37.3 Å². The van der Waals surface area contributed by atoms with Crippen LogP contribution in [0.3, 0.4) is 0 Å². The van der Waals surface area contributed by atoms with Crippen molar-refractivity contribution in [2.75, 3.05) is 13.1 Å². The second-order valence-electron chi connectivity index (χ2n) is 7.71. The van der Waals surface area contributed by atoms with E-state index in [1.54, 1.807) is 0 Å². The van der Waals surface area contributed by atoms with Crippen LogP contribution in [0.1, 0.15) is 59.8 Å². The van der Waals surface area contributed by atoms with Gasteiger partial charge < -0.3 is 4.90 Å². The Labute approximate surface area is 124 Å². The van der Waals surface area contributed by atoms with Gasteiger partial charge in [0.05, 0.1) is 0 Å². The average molecular weight is 277 g/mol. The monoisotopic (exact) mass is 277 g/mol. The topological polar surface area (TPSA) is 20.3 Å². The molecule has 2 rings (SSSR count). The zero-order valence-corrected chi connectivity index (χ0v) is 13.7. The van der Waals surface area contributed by atoms with Crippen LogP contribution in [0.5, 0.6) is 0 Å². The maximum Gasteiger partial charge on any atom is 0.227 e. The zero-order chi connectivity index (χ0) is 14.8. The Morgan fingerprint density at radius 2 is 2.05 bits per heavy atom. The third kappa shape index (κ3) is 3.86. The minimum atomic E-state index is -0.243. The Bertz CT molecular complexity index is 366. The summed E-state index contributed by atoms with van der Waals surface area (Å²) in [5, 5.41) is 0. The molecule has 2 heteroatoms. The van der Waals surface area contributed by atoms with Crippen LogP contribution in [-0.2, 0) is 4.79 Å². The third-order valence-corrected chi connectivity index (χ3v) is 4.77. The molecule has 20 heavy (non-hydrogen) atoms. The van der Waals surface area contributed by atoms with Crippen molar-refractivity contribution in [3.05, 3.63) is 12.2 Å². The number of hydrogen-bond acceptors (Lipinski definition) is 1. The molecule has 2 aliphatic rings. The van der Waals surface area contributed by atoms with E-state index in [2.05, 4.69) is 24.0 Å². The fraction of sp³-hybridized carbons (Fsp3) is 0.833. The highest BCUT2D eigenvalue weighted by Gasteiger charge is 2.44. The van der Waals surface area contributed by atoms with E-state index in [9.17, 15) is 4.79 Å². The summed E-state index contributed by atoms with van der Waals surface area (Å²) in [6, 6.07) is 0. The minimum absolute atomic E-state index is 0.243. The van der Waals surface area contributed by atoms with Gasteiger partial charge in [-0.3, -0.25) is 4.79 Å². The molecule has 0 bridgehead atoms. The first-order valence-corrected chi connectivity index (χ1v) is 8.38. The summed E-state index contributed by atoms with van der Waals surface area (Å²) in [7, 11) is 0. The first-order valence-electron chi connectivity index (χ1n) is 8.38. The predicted octanol–water partition coefficient (Wildman–Crippen LogP) is 4.26. The molecule has 0 saturated heterocycles. The van der Waals surface area contributed by atoms with E-state index in [-0.39, 0.29) is 5.41 Å². The Morgan fingerprint density at radius 3 is 2.60 bits per heavy atom. The number of allylic oxidation sites excluding steroid dienone is 2. The molecule has 1 amide bonds. The van der Waals surface area contributed by atoms with Crippen LogP contribution >= 0.6 is 0 Å². The van der Waals surface area contributed by atoms with Crippen LogP contribution in [0, 0.1) is 23.2 Å². The second-order valence-corrected chi connectivity index (χ2v) is 7.71. The average Bonchev–Trinajstić information content (AvgIpc) is 3.17. The highest BCUT2D eigenvalue weighted by Crippen LogP contribution is 2.48. The number of rotatable bonds is 5. The Balaban J connectivity index is 1.87. The fourth-order valence-electron chi connectivity index (χ4n) is 3.57. The van der Waals surface area contributed by atoms with E-state index in [1.807, 2.05) is 20.8 Å². The number of carbonyl (C=O) groups is 1. The van der Waals surface area contributed by atoms with Crippen molar-refractivity contribution in [3.8, 4) is 0 Å². The Hall–Kier alpha value is -0.790. The van der Waals surface area contributed by atoms with Gasteiger partial charge in [-0.05, 0) is 49.9 Å². The highest BCUT2D eigenvalue weighted by atomic mass is 16.2. The normalized spacial score (nSPS) is 29.3. The van der Waals surface area contributed by atoms with E-state index in [1.165, 1.54) is 25.7 Å². The Kier molecular flexibility index (Phi) is 4.93. The van der Waals surface area contributed by atoms with Crippen molar-refractivity contribution in [2.45, 2.75) is 59.8 Å². The van der Waals surface area contributed by atoms with Gasteiger partial charge in [0.15, 0.2) is 0 Å². The SMILES string of the molecule is CCCN(C[C@@H]1C[C@@H]1C1CC=CCC1)C(=O)C(C)(C)C. The van der Waals surface area contributed by atoms with Crippen molar-refractivity contribution >= 4 is 5.91 Å². The maximum atomic E-state index is 12.5. The summed E-state index contributed by atoms with van der Waals surface area (Å²) in [5.41, 5.74) is -0.243. The molecule has 0 aromatic heterocycles. The molecule has 3 atom stereocenters. The Morgan fingerprint density at radius 1 is 1.30 bits per heavy atom. The lowest BCUT2D eigenvalue weighted by atomic mass is 9.89. The van der Waals surface area contributed by atoms with Gasteiger partial charge in [-0.2, -0.15) is 0 Å². The summed E-state index contributed by atoms with van der Waals surface area (Å²) in [4.78, 5) is 14.6. The van der Waals surface area contributed by atoms with Gasteiger partial charge in [0.2, 0.25) is 5.91 Å². The lowest BCUT2D eigenvalue weighted by Crippen LogP contribution is -2.41. The van der Waals surface area contributed by atoms with Gasteiger partial charge in [0.25, 0.3) is 0 Å². The van der Waals surface area contributed by atoms with Gasteiger partial charge in [-0.1, -0.05) is 39.8 Å². The molecule has 0 heterocycles. The van der Waals surface area contributed by atoms with Crippen molar-refractivity contribution in [1.29, 1.82) is 0 Å². The molecule has 1 unspecified atom stereocenters. The van der Waals surface area contributed by atoms with Crippen LogP contribution in [0.15, 0.2) is 12.2 Å². The molecule has 0 N–H and O–H groups in total. The van der Waals surface area contributed by atoms with E-state index >= 15 is 0 Å².